The smallest absolute Gasteiger partial charge is 0.169 e. The Morgan fingerprint density at radius 3 is 2.14 bits per heavy atom. The Hall–Kier alpha value is -0.560. The molecule has 1 saturated heterocycles. The minimum absolute atomic E-state index is 0.0505. The molecule has 0 amide bonds. The van der Waals surface area contributed by atoms with Gasteiger partial charge in [-0.05, 0) is 19.3 Å². The van der Waals surface area contributed by atoms with E-state index >= 15 is 0 Å². The zero-order valence-corrected chi connectivity index (χ0v) is 18.4. The maximum atomic E-state index is 6.38. The second kappa shape index (κ2) is 14.4. The van der Waals surface area contributed by atoms with E-state index in [2.05, 4.69) is 12.8 Å². The average molecular weight is 393 g/mol. The molecule has 0 aromatic heterocycles. The normalized spacial score (nSPS) is 22.4. The van der Waals surface area contributed by atoms with Gasteiger partial charge in [-0.3, -0.25) is 0 Å². The summed E-state index contributed by atoms with van der Waals surface area (Å²) in [5.74, 6) is 2.30. The third kappa shape index (κ3) is 8.85. The highest BCUT2D eigenvalue weighted by molar-refractivity contribution is 4.88. The van der Waals surface area contributed by atoms with Crippen molar-refractivity contribution < 1.29 is 14.2 Å². The van der Waals surface area contributed by atoms with Crippen LogP contribution in [-0.4, -0.2) is 31.2 Å². The van der Waals surface area contributed by atoms with Gasteiger partial charge in [0.25, 0.3) is 0 Å². The lowest BCUT2D eigenvalue weighted by Crippen LogP contribution is -2.37. The second-order valence-corrected chi connectivity index (χ2v) is 8.82. The standard InChI is InChI=1S/C25H44O3/c1-3-5-6-7-8-9-10-11-12-13-15-18-23(26-21-4-2)24-22-27-25(28-24)19-16-14-17-20-25/h2,23-24H,3,5-22H2,1H3/t23-,24+/m0/s1. The van der Waals surface area contributed by atoms with Crippen LogP contribution in [0, 0.1) is 12.3 Å². The molecule has 0 bridgehead atoms. The summed E-state index contributed by atoms with van der Waals surface area (Å²) in [5, 5.41) is 0. The number of terminal acetylenes is 1. The molecule has 1 saturated carbocycles. The van der Waals surface area contributed by atoms with Crippen molar-refractivity contribution in [2.45, 2.75) is 134 Å². The van der Waals surface area contributed by atoms with E-state index in [-0.39, 0.29) is 18.0 Å². The first-order valence-electron chi connectivity index (χ1n) is 12.2. The van der Waals surface area contributed by atoms with E-state index in [1.165, 1.54) is 89.9 Å². The van der Waals surface area contributed by atoms with Crippen molar-refractivity contribution in [1.29, 1.82) is 0 Å². The largest absolute Gasteiger partial charge is 0.363 e. The molecule has 0 unspecified atom stereocenters. The maximum Gasteiger partial charge on any atom is 0.169 e. The lowest BCUT2D eigenvalue weighted by molar-refractivity contribution is -0.198. The van der Waals surface area contributed by atoms with Crippen molar-refractivity contribution in [3.8, 4) is 12.3 Å². The highest BCUT2D eigenvalue weighted by Crippen LogP contribution is 2.39. The zero-order valence-electron chi connectivity index (χ0n) is 18.4. The molecule has 0 aromatic carbocycles. The number of hydrogen-bond donors (Lipinski definition) is 0. The van der Waals surface area contributed by atoms with Crippen LogP contribution in [0.2, 0.25) is 0 Å². The molecule has 3 heteroatoms. The van der Waals surface area contributed by atoms with Crippen LogP contribution in [0.4, 0.5) is 0 Å². The summed E-state index contributed by atoms with van der Waals surface area (Å²) in [4.78, 5) is 0. The topological polar surface area (TPSA) is 27.7 Å². The monoisotopic (exact) mass is 392 g/mol. The molecule has 2 rings (SSSR count). The lowest BCUT2D eigenvalue weighted by Gasteiger charge is -2.32. The molecule has 0 radical (unpaired) electrons. The van der Waals surface area contributed by atoms with Crippen LogP contribution in [0.15, 0.2) is 0 Å². The average Bonchev–Trinajstić information content (AvgIpc) is 3.12. The molecule has 1 aliphatic carbocycles. The SMILES string of the molecule is C#CCO[C@@H](CCCCCCCCCCCCC)[C@H]1COC2(CCCCC2)O1. The van der Waals surface area contributed by atoms with Crippen LogP contribution in [0.3, 0.4) is 0 Å². The number of unbranched alkanes of at least 4 members (excludes halogenated alkanes) is 10. The molecular weight excluding hydrogens is 348 g/mol. The van der Waals surface area contributed by atoms with Crippen molar-refractivity contribution in [2.75, 3.05) is 13.2 Å². The molecule has 0 N–H and O–H groups in total. The van der Waals surface area contributed by atoms with Gasteiger partial charge >= 0.3 is 0 Å². The molecule has 2 aliphatic rings. The van der Waals surface area contributed by atoms with Crippen LogP contribution in [0.5, 0.6) is 0 Å². The molecule has 162 valence electrons. The van der Waals surface area contributed by atoms with Crippen molar-refractivity contribution >= 4 is 0 Å². The summed E-state index contributed by atoms with van der Waals surface area (Å²) in [7, 11) is 0. The predicted octanol–water partition coefficient (Wildman–Crippen LogP) is 6.78. The summed E-state index contributed by atoms with van der Waals surface area (Å²) in [5.41, 5.74) is 0. The van der Waals surface area contributed by atoms with E-state index in [1.54, 1.807) is 0 Å². The summed E-state index contributed by atoms with van der Waals surface area (Å²) in [6.07, 6.45) is 27.4. The van der Waals surface area contributed by atoms with Gasteiger partial charge in [0.1, 0.15) is 12.7 Å². The van der Waals surface area contributed by atoms with E-state index < -0.39 is 0 Å². The summed E-state index contributed by atoms with van der Waals surface area (Å²) in [6, 6.07) is 0. The predicted molar refractivity (Wildman–Crippen MR) is 116 cm³/mol. The first kappa shape index (κ1) is 23.7. The van der Waals surface area contributed by atoms with E-state index in [1.807, 2.05) is 0 Å². The van der Waals surface area contributed by atoms with Crippen LogP contribution in [-0.2, 0) is 14.2 Å². The maximum absolute atomic E-state index is 6.38. The Labute approximate surface area is 174 Å². The quantitative estimate of drug-likeness (QED) is 0.227. The Morgan fingerprint density at radius 1 is 0.929 bits per heavy atom. The first-order chi connectivity index (χ1) is 13.8. The van der Waals surface area contributed by atoms with Gasteiger partial charge in [0, 0.05) is 12.8 Å². The van der Waals surface area contributed by atoms with Crippen molar-refractivity contribution in [3.63, 3.8) is 0 Å². The van der Waals surface area contributed by atoms with Gasteiger partial charge in [-0.25, -0.2) is 0 Å². The van der Waals surface area contributed by atoms with Gasteiger partial charge in [0.2, 0.25) is 0 Å². The van der Waals surface area contributed by atoms with Gasteiger partial charge in [-0.2, -0.15) is 0 Å². The van der Waals surface area contributed by atoms with Gasteiger partial charge in [0.05, 0.1) is 12.7 Å². The number of ether oxygens (including phenoxy) is 3. The molecule has 3 nitrogen and oxygen atoms in total. The first-order valence-corrected chi connectivity index (χ1v) is 12.2. The molecule has 2 fully saturated rings. The van der Waals surface area contributed by atoms with Gasteiger partial charge in [-0.1, -0.05) is 89.9 Å². The number of rotatable bonds is 15. The minimum atomic E-state index is -0.322. The Bertz CT molecular complexity index is 422. The van der Waals surface area contributed by atoms with Crippen molar-refractivity contribution in [3.05, 3.63) is 0 Å². The zero-order chi connectivity index (χ0) is 19.9. The molecule has 1 aliphatic heterocycles. The second-order valence-electron chi connectivity index (χ2n) is 8.82. The Morgan fingerprint density at radius 2 is 1.54 bits per heavy atom. The van der Waals surface area contributed by atoms with E-state index in [9.17, 15) is 0 Å². The summed E-state index contributed by atoms with van der Waals surface area (Å²) >= 11 is 0. The van der Waals surface area contributed by atoms with Crippen LogP contribution in [0.25, 0.3) is 0 Å². The van der Waals surface area contributed by atoms with Gasteiger partial charge < -0.3 is 14.2 Å². The van der Waals surface area contributed by atoms with E-state index in [4.69, 9.17) is 20.6 Å². The van der Waals surface area contributed by atoms with Crippen LogP contribution >= 0.6 is 0 Å². The van der Waals surface area contributed by atoms with Crippen LogP contribution in [0.1, 0.15) is 116 Å². The van der Waals surface area contributed by atoms with E-state index in [0.29, 0.717) is 13.2 Å². The third-order valence-corrected chi connectivity index (χ3v) is 6.38. The molecule has 28 heavy (non-hydrogen) atoms. The van der Waals surface area contributed by atoms with E-state index in [0.717, 1.165) is 19.3 Å². The fourth-order valence-corrected chi connectivity index (χ4v) is 4.66. The van der Waals surface area contributed by atoms with Gasteiger partial charge in [-0.15, -0.1) is 6.42 Å². The minimum Gasteiger partial charge on any atom is -0.363 e. The number of hydrogen-bond acceptors (Lipinski definition) is 3. The highest BCUT2D eigenvalue weighted by Gasteiger charge is 2.44. The van der Waals surface area contributed by atoms with Gasteiger partial charge in [0.15, 0.2) is 5.79 Å². The summed E-state index contributed by atoms with van der Waals surface area (Å²) < 4.78 is 18.5. The molecular formula is C25H44O3. The van der Waals surface area contributed by atoms with Crippen molar-refractivity contribution in [1.82, 2.24) is 0 Å². The molecule has 1 spiro atoms. The Balaban J connectivity index is 1.56. The molecule has 1 heterocycles. The lowest BCUT2D eigenvalue weighted by atomic mass is 9.94. The van der Waals surface area contributed by atoms with Crippen LogP contribution < -0.4 is 0 Å². The Kier molecular flexibility index (Phi) is 12.2. The third-order valence-electron chi connectivity index (χ3n) is 6.38. The van der Waals surface area contributed by atoms with Crippen molar-refractivity contribution in [2.24, 2.45) is 0 Å². The summed E-state index contributed by atoms with van der Waals surface area (Å²) in [6.45, 7) is 3.31. The molecule has 0 aromatic rings. The fourth-order valence-electron chi connectivity index (χ4n) is 4.66. The highest BCUT2D eigenvalue weighted by atomic mass is 16.8. The molecule has 2 atom stereocenters. The fraction of sp³-hybridized carbons (Fsp3) is 0.920.